The summed E-state index contributed by atoms with van der Waals surface area (Å²) in [7, 11) is -4.26. The summed E-state index contributed by atoms with van der Waals surface area (Å²) in [6.07, 6.45) is -3.47. The topological polar surface area (TPSA) is 82.6 Å². The molecule has 41 heavy (non-hydrogen) atoms. The van der Waals surface area contributed by atoms with Gasteiger partial charge >= 0.3 is 18.3 Å². The number of carbonyl (C=O) groups is 1. The molecule has 1 spiro atoms. The molecule has 1 N–H and O–H groups in total. The zero-order chi connectivity index (χ0) is 29.4. The van der Waals surface area contributed by atoms with E-state index in [1.54, 1.807) is 12.3 Å². The Hall–Kier alpha value is -2.49. The lowest BCUT2D eigenvalue weighted by molar-refractivity contribution is -0.185. The lowest BCUT2D eigenvalue weighted by Gasteiger charge is -2.33. The summed E-state index contributed by atoms with van der Waals surface area (Å²) in [5, 5.41) is 0.708. The first-order valence-electron chi connectivity index (χ1n) is 13.1. The molecule has 3 atom stereocenters. The van der Waals surface area contributed by atoms with Gasteiger partial charge in [0.05, 0.1) is 10.4 Å². The van der Waals surface area contributed by atoms with E-state index >= 15 is 0 Å². The molecule has 2 aliphatic heterocycles. The average Bonchev–Trinajstić information content (AvgIpc) is 3.52. The second-order valence-electron chi connectivity index (χ2n) is 11.2. The van der Waals surface area contributed by atoms with Crippen LogP contribution in [0.1, 0.15) is 35.3 Å². The van der Waals surface area contributed by atoms with Crippen molar-refractivity contribution in [2.24, 2.45) is 11.8 Å². The number of aromatic nitrogens is 1. The molecular weight excluding hydrogens is 594 g/mol. The highest BCUT2D eigenvalue weighted by Crippen LogP contribution is 2.51. The number of fused-ring (bicyclic) bond motifs is 1. The Morgan fingerprint density at radius 1 is 1.10 bits per heavy atom. The van der Waals surface area contributed by atoms with Gasteiger partial charge in [0.15, 0.2) is 0 Å². The van der Waals surface area contributed by atoms with Crippen molar-refractivity contribution in [2.75, 3.05) is 26.2 Å². The van der Waals surface area contributed by atoms with Crippen LogP contribution in [0.3, 0.4) is 0 Å². The van der Waals surface area contributed by atoms with Gasteiger partial charge in [-0.3, -0.25) is 4.79 Å². The number of hydrogen-bond donors (Lipinski definition) is 1. The van der Waals surface area contributed by atoms with E-state index in [0.717, 1.165) is 38.5 Å². The first kappa shape index (κ1) is 28.6. The molecule has 7 nitrogen and oxygen atoms in total. The molecular formula is C26H26F6N4O3S2. The molecule has 1 aromatic heterocycles. The smallest absolute Gasteiger partial charge is 0.331 e. The van der Waals surface area contributed by atoms with Gasteiger partial charge in [0.1, 0.15) is 11.6 Å². The van der Waals surface area contributed by atoms with Crippen molar-refractivity contribution in [1.29, 1.82) is 0 Å². The first-order chi connectivity index (χ1) is 19.1. The third kappa shape index (κ3) is 5.30. The van der Waals surface area contributed by atoms with Gasteiger partial charge in [-0.25, -0.2) is 4.98 Å². The highest BCUT2D eigenvalue weighted by molar-refractivity contribution is 7.87. The summed E-state index contributed by atoms with van der Waals surface area (Å²) in [4.78, 5) is 17.6. The largest absolute Gasteiger partial charge is 0.471 e. The molecule has 1 amide bonds. The average molecular weight is 621 g/mol. The van der Waals surface area contributed by atoms with E-state index in [9.17, 15) is 39.6 Å². The number of hydrogen-bond acceptors (Lipinski definition) is 5. The van der Waals surface area contributed by atoms with E-state index in [4.69, 9.17) is 0 Å². The van der Waals surface area contributed by atoms with Crippen molar-refractivity contribution in [3.63, 3.8) is 0 Å². The van der Waals surface area contributed by atoms with Crippen LogP contribution in [0.15, 0.2) is 30.5 Å². The Kier molecular flexibility index (Phi) is 6.83. The van der Waals surface area contributed by atoms with Crippen LogP contribution in [0.25, 0.3) is 16.1 Å². The van der Waals surface area contributed by atoms with Crippen molar-refractivity contribution < 1.29 is 39.6 Å². The van der Waals surface area contributed by atoms with E-state index in [0.29, 0.717) is 28.6 Å². The summed E-state index contributed by atoms with van der Waals surface area (Å²) in [5.41, 5.74) is 2.76. The molecule has 1 aromatic carbocycles. The van der Waals surface area contributed by atoms with Gasteiger partial charge in [-0.1, -0.05) is 18.2 Å². The first-order valence-corrected chi connectivity index (χ1v) is 15.4. The normalized spacial score (nSPS) is 28.0. The number of benzene rings is 1. The standard InChI is InChI=1S/C26H26F6N4O3S2/c27-25(28,29)14-36-13-24(34-41(36,38)39)19-3-4-20(24)11-18-9-17(2-1-16(18)10-19)22-33-12-21(40-22)15-5-7-35(8-6-15)23(37)26(30,31)32/h1-2,5,9,12,19-20,34H,3-4,6-8,10-11,13-14H2. The molecule has 1 saturated heterocycles. The van der Waals surface area contributed by atoms with Gasteiger partial charge in [-0.05, 0) is 66.7 Å². The molecule has 222 valence electrons. The maximum Gasteiger partial charge on any atom is 0.471 e. The number of alkyl halides is 6. The van der Waals surface area contributed by atoms with E-state index in [1.807, 2.05) is 18.2 Å². The van der Waals surface area contributed by atoms with Crippen LogP contribution in [0, 0.1) is 11.8 Å². The van der Waals surface area contributed by atoms with Crippen molar-refractivity contribution in [1.82, 2.24) is 18.9 Å². The number of nitrogens with one attached hydrogen (secondary N) is 1. The van der Waals surface area contributed by atoms with Crippen LogP contribution in [0.5, 0.6) is 0 Å². The van der Waals surface area contributed by atoms with Gasteiger partial charge in [0.25, 0.3) is 10.2 Å². The van der Waals surface area contributed by atoms with Crippen molar-refractivity contribution >= 4 is 33.0 Å². The van der Waals surface area contributed by atoms with Crippen LogP contribution in [-0.2, 0) is 27.8 Å². The number of thiazole rings is 1. The summed E-state index contributed by atoms with van der Waals surface area (Å²) in [5.74, 6) is -2.13. The fraction of sp³-hybridized carbons (Fsp3) is 0.538. The van der Waals surface area contributed by atoms with Crippen LogP contribution < -0.4 is 4.72 Å². The van der Waals surface area contributed by atoms with Crippen molar-refractivity contribution in [3.8, 4) is 10.6 Å². The fourth-order valence-corrected chi connectivity index (χ4v) is 9.48. The number of nitrogens with zero attached hydrogens (tertiary/aromatic N) is 3. The van der Waals surface area contributed by atoms with Crippen LogP contribution in [0.2, 0.25) is 0 Å². The third-order valence-electron chi connectivity index (χ3n) is 8.72. The second kappa shape index (κ2) is 9.78. The summed E-state index contributed by atoms with van der Waals surface area (Å²) in [6, 6.07) is 5.89. The predicted molar refractivity (Wildman–Crippen MR) is 139 cm³/mol. The van der Waals surface area contributed by atoms with Gasteiger partial charge in [0.2, 0.25) is 0 Å². The third-order valence-corrected chi connectivity index (χ3v) is 11.4. The lowest BCUT2D eigenvalue weighted by atomic mass is 9.79. The lowest BCUT2D eigenvalue weighted by Crippen LogP contribution is -2.52. The molecule has 15 heteroatoms. The minimum absolute atomic E-state index is 0.0370. The molecule has 2 bridgehead atoms. The van der Waals surface area contributed by atoms with E-state index in [-0.39, 0.29) is 37.9 Å². The molecule has 4 aliphatic rings. The zero-order valence-corrected chi connectivity index (χ0v) is 23.2. The predicted octanol–water partition coefficient (Wildman–Crippen LogP) is 4.56. The molecule has 1 saturated carbocycles. The molecule has 6 rings (SSSR count). The van der Waals surface area contributed by atoms with Crippen molar-refractivity contribution in [2.45, 2.75) is 50.0 Å². The maximum atomic E-state index is 13.1. The summed E-state index contributed by atoms with van der Waals surface area (Å²) >= 11 is 1.39. The molecule has 3 heterocycles. The van der Waals surface area contributed by atoms with Gasteiger partial charge in [0, 0.05) is 31.4 Å². The second-order valence-corrected chi connectivity index (χ2v) is 13.9. The fourth-order valence-electron chi connectivity index (χ4n) is 6.79. The Balaban J connectivity index is 1.21. The zero-order valence-electron chi connectivity index (χ0n) is 21.6. The van der Waals surface area contributed by atoms with Gasteiger partial charge in [-0.15, -0.1) is 11.3 Å². The number of halogens is 6. The summed E-state index contributed by atoms with van der Waals surface area (Å²) < 4.78 is 106. The highest BCUT2D eigenvalue weighted by atomic mass is 32.2. The Morgan fingerprint density at radius 2 is 1.80 bits per heavy atom. The maximum absolute atomic E-state index is 13.1. The van der Waals surface area contributed by atoms with E-state index < -0.39 is 40.6 Å². The van der Waals surface area contributed by atoms with Crippen LogP contribution in [-0.4, -0.2) is 72.6 Å². The molecule has 2 fully saturated rings. The quantitative estimate of drug-likeness (QED) is 0.511. The van der Waals surface area contributed by atoms with Gasteiger partial charge < -0.3 is 4.90 Å². The molecule has 2 aromatic rings. The molecule has 0 radical (unpaired) electrons. The summed E-state index contributed by atoms with van der Waals surface area (Å²) in [6.45, 7) is -1.89. The van der Waals surface area contributed by atoms with Crippen molar-refractivity contribution in [3.05, 3.63) is 46.5 Å². The van der Waals surface area contributed by atoms with Gasteiger partial charge in [-0.2, -0.15) is 43.8 Å². The molecule has 2 aliphatic carbocycles. The monoisotopic (exact) mass is 620 g/mol. The van der Waals surface area contributed by atoms with Crippen LogP contribution in [0.4, 0.5) is 26.3 Å². The van der Waals surface area contributed by atoms with E-state index in [1.165, 1.54) is 11.3 Å². The Morgan fingerprint density at radius 3 is 2.44 bits per heavy atom. The Labute approximate surface area is 236 Å². The highest BCUT2D eigenvalue weighted by Gasteiger charge is 2.60. The number of amides is 1. The molecule has 3 unspecified atom stereocenters. The van der Waals surface area contributed by atoms with Crippen LogP contribution >= 0.6 is 11.3 Å². The minimum Gasteiger partial charge on any atom is -0.331 e. The van der Waals surface area contributed by atoms with E-state index in [2.05, 4.69) is 9.71 Å². The Bertz CT molecular complexity index is 1520. The minimum atomic E-state index is -4.90. The SMILES string of the molecule is O=C(N1CC=C(c2cnc(-c3ccc4c(c3)CC3CCC(C4)C34CN(CC(F)(F)F)S(=O)(=O)N4)s2)CC1)C(F)(F)F. The number of rotatable bonds is 3. The number of carbonyl (C=O) groups excluding carboxylic acids is 1.